The van der Waals surface area contributed by atoms with E-state index in [0.29, 0.717) is 5.56 Å². The number of nitrogens with two attached hydrogens (primary N) is 1. The van der Waals surface area contributed by atoms with E-state index in [-0.39, 0.29) is 24.4 Å². The molecule has 2 heterocycles. The number of aromatic nitrogens is 1. The highest BCUT2D eigenvalue weighted by Crippen LogP contribution is 2.13. The molecule has 1 saturated heterocycles. The van der Waals surface area contributed by atoms with Gasteiger partial charge in [-0.25, -0.2) is 4.98 Å². The van der Waals surface area contributed by atoms with Gasteiger partial charge in [0.2, 0.25) is 5.91 Å². The highest BCUT2D eigenvalue weighted by atomic mass is 16.2. The van der Waals surface area contributed by atoms with E-state index >= 15 is 0 Å². The van der Waals surface area contributed by atoms with Gasteiger partial charge in [0.15, 0.2) is 0 Å². The minimum Gasteiger partial charge on any atom is -0.369 e. The minimum atomic E-state index is -0.308. The summed E-state index contributed by atoms with van der Waals surface area (Å²) in [4.78, 5) is 31.8. The Morgan fingerprint density at radius 2 is 1.96 bits per heavy atom. The van der Waals surface area contributed by atoms with E-state index in [0.717, 1.165) is 44.8 Å². The number of likely N-dealkylation sites (tertiary alicyclic amines) is 1. The van der Waals surface area contributed by atoms with Crippen LogP contribution in [-0.2, 0) is 4.79 Å². The van der Waals surface area contributed by atoms with Gasteiger partial charge in [-0.15, -0.1) is 0 Å². The average molecular weight is 333 g/mol. The van der Waals surface area contributed by atoms with Crippen LogP contribution in [0.5, 0.6) is 0 Å². The van der Waals surface area contributed by atoms with Crippen LogP contribution < -0.4 is 16.0 Å². The third-order valence-corrected chi connectivity index (χ3v) is 4.40. The lowest BCUT2D eigenvalue weighted by atomic mass is 10.0. The SMILES string of the molecule is CCN(CC)c1ccc(C(=O)NC2CCN(CC(N)=O)CC2)cn1. The molecule has 1 aliphatic heterocycles. The normalized spacial score (nSPS) is 15.9. The highest BCUT2D eigenvalue weighted by molar-refractivity contribution is 5.94. The Morgan fingerprint density at radius 1 is 1.29 bits per heavy atom. The smallest absolute Gasteiger partial charge is 0.253 e. The first-order valence-electron chi connectivity index (χ1n) is 8.56. The Hall–Kier alpha value is -2.15. The molecule has 1 aromatic rings. The molecule has 0 aliphatic carbocycles. The van der Waals surface area contributed by atoms with Crippen molar-refractivity contribution in [1.82, 2.24) is 15.2 Å². The number of hydrogen-bond acceptors (Lipinski definition) is 5. The molecule has 2 amide bonds. The molecule has 0 bridgehead atoms. The van der Waals surface area contributed by atoms with Crippen molar-refractivity contribution >= 4 is 17.6 Å². The predicted molar refractivity (Wildman–Crippen MR) is 93.9 cm³/mol. The number of pyridine rings is 1. The summed E-state index contributed by atoms with van der Waals surface area (Å²) in [5.74, 6) is 0.482. The van der Waals surface area contributed by atoms with Crippen LogP contribution in [0.25, 0.3) is 0 Å². The highest BCUT2D eigenvalue weighted by Gasteiger charge is 2.22. The van der Waals surface area contributed by atoms with Crippen LogP contribution in [0, 0.1) is 0 Å². The van der Waals surface area contributed by atoms with Crippen molar-refractivity contribution in [2.45, 2.75) is 32.7 Å². The van der Waals surface area contributed by atoms with Crippen LogP contribution in [0.4, 0.5) is 5.82 Å². The third-order valence-electron chi connectivity index (χ3n) is 4.40. The van der Waals surface area contributed by atoms with Gasteiger partial charge in [0.1, 0.15) is 5.82 Å². The summed E-state index contributed by atoms with van der Waals surface area (Å²) in [7, 11) is 0. The van der Waals surface area contributed by atoms with E-state index in [1.807, 2.05) is 17.0 Å². The van der Waals surface area contributed by atoms with E-state index in [2.05, 4.69) is 29.0 Å². The predicted octanol–water partition coefficient (Wildman–Crippen LogP) is 0.607. The fourth-order valence-electron chi connectivity index (χ4n) is 2.98. The Labute approximate surface area is 143 Å². The van der Waals surface area contributed by atoms with Crippen molar-refractivity contribution in [1.29, 1.82) is 0 Å². The summed E-state index contributed by atoms with van der Waals surface area (Å²) < 4.78 is 0. The Morgan fingerprint density at radius 3 is 2.46 bits per heavy atom. The van der Waals surface area contributed by atoms with E-state index in [1.54, 1.807) is 6.20 Å². The lowest BCUT2D eigenvalue weighted by molar-refractivity contribution is -0.119. The largest absolute Gasteiger partial charge is 0.369 e. The fourth-order valence-corrected chi connectivity index (χ4v) is 2.98. The first-order valence-corrected chi connectivity index (χ1v) is 8.56. The summed E-state index contributed by atoms with van der Waals surface area (Å²) in [6.07, 6.45) is 3.28. The van der Waals surface area contributed by atoms with E-state index < -0.39 is 0 Å². The quantitative estimate of drug-likeness (QED) is 0.763. The van der Waals surface area contributed by atoms with Gasteiger partial charge < -0.3 is 16.0 Å². The number of rotatable bonds is 7. The molecule has 24 heavy (non-hydrogen) atoms. The molecule has 0 saturated carbocycles. The summed E-state index contributed by atoms with van der Waals surface area (Å²) in [6.45, 7) is 7.77. The van der Waals surface area contributed by atoms with Gasteiger partial charge >= 0.3 is 0 Å². The standard InChI is InChI=1S/C17H27N5O2/c1-3-22(4-2)16-6-5-13(11-19-16)17(24)20-14-7-9-21(10-8-14)12-15(18)23/h5-6,11,14H,3-4,7-10,12H2,1-2H3,(H2,18,23)(H,20,24). The summed E-state index contributed by atoms with van der Waals surface area (Å²) in [6, 6.07) is 3.83. The first kappa shape index (κ1) is 18.2. The lowest BCUT2D eigenvalue weighted by Gasteiger charge is -2.31. The second kappa shape index (κ2) is 8.63. The molecule has 0 unspecified atom stereocenters. The number of carbonyl (C=O) groups is 2. The van der Waals surface area contributed by atoms with Gasteiger partial charge in [-0.05, 0) is 38.8 Å². The molecule has 2 rings (SSSR count). The number of hydrogen-bond donors (Lipinski definition) is 2. The van der Waals surface area contributed by atoms with E-state index in [4.69, 9.17) is 5.73 Å². The van der Waals surface area contributed by atoms with Gasteiger partial charge in [0.05, 0.1) is 12.1 Å². The second-order valence-corrected chi connectivity index (χ2v) is 6.07. The first-order chi connectivity index (χ1) is 11.5. The molecule has 7 nitrogen and oxygen atoms in total. The monoisotopic (exact) mass is 333 g/mol. The summed E-state index contributed by atoms with van der Waals surface area (Å²) in [5.41, 5.74) is 5.78. The molecule has 0 aromatic carbocycles. The average Bonchev–Trinajstić information content (AvgIpc) is 2.58. The number of carbonyl (C=O) groups excluding carboxylic acids is 2. The minimum absolute atomic E-state index is 0.0954. The number of primary amides is 1. The zero-order chi connectivity index (χ0) is 17.5. The fraction of sp³-hybridized carbons (Fsp3) is 0.588. The summed E-state index contributed by atoms with van der Waals surface area (Å²) >= 11 is 0. The van der Waals surface area contributed by atoms with Gasteiger partial charge in [-0.1, -0.05) is 0 Å². The van der Waals surface area contributed by atoms with E-state index in [1.165, 1.54) is 0 Å². The maximum absolute atomic E-state index is 12.3. The summed E-state index contributed by atoms with van der Waals surface area (Å²) in [5, 5.41) is 3.05. The van der Waals surface area contributed by atoms with Crippen molar-refractivity contribution in [3.05, 3.63) is 23.9 Å². The molecular weight excluding hydrogens is 306 g/mol. The van der Waals surface area contributed by atoms with Crippen LogP contribution in [-0.4, -0.2) is 60.5 Å². The van der Waals surface area contributed by atoms with Gasteiger partial charge in [0.25, 0.3) is 5.91 Å². The molecule has 3 N–H and O–H groups in total. The van der Waals surface area contributed by atoms with Crippen molar-refractivity contribution in [2.24, 2.45) is 5.73 Å². The van der Waals surface area contributed by atoms with E-state index in [9.17, 15) is 9.59 Å². The second-order valence-electron chi connectivity index (χ2n) is 6.07. The van der Waals surface area contributed by atoms with Crippen molar-refractivity contribution in [3.63, 3.8) is 0 Å². The van der Waals surface area contributed by atoms with Crippen LogP contribution in [0.3, 0.4) is 0 Å². The van der Waals surface area contributed by atoms with Crippen molar-refractivity contribution < 1.29 is 9.59 Å². The Balaban J connectivity index is 1.86. The number of amides is 2. The van der Waals surface area contributed by atoms with Gasteiger partial charge in [-0.3, -0.25) is 14.5 Å². The molecule has 1 aromatic heterocycles. The Kier molecular flexibility index (Phi) is 6.54. The molecule has 0 radical (unpaired) electrons. The zero-order valence-electron chi connectivity index (χ0n) is 14.5. The molecule has 132 valence electrons. The van der Waals surface area contributed by atoms with Gasteiger partial charge in [0, 0.05) is 38.4 Å². The molecule has 1 aliphatic rings. The van der Waals surface area contributed by atoms with Gasteiger partial charge in [-0.2, -0.15) is 0 Å². The van der Waals surface area contributed by atoms with Crippen LogP contribution in [0.2, 0.25) is 0 Å². The van der Waals surface area contributed by atoms with Crippen LogP contribution >= 0.6 is 0 Å². The zero-order valence-corrected chi connectivity index (χ0v) is 14.5. The topological polar surface area (TPSA) is 91.6 Å². The lowest BCUT2D eigenvalue weighted by Crippen LogP contribution is -2.46. The number of anilines is 1. The van der Waals surface area contributed by atoms with Crippen LogP contribution in [0.1, 0.15) is 37.0 Å². The molecule has 0 atom stereocenters. The molecule has 0 spiro atoms. The van der Waals surface area contributed by atoms with Crippen molar-refractivity contribution in [3.8, 4) is 0 Å². The number of nitrogens with one attached hydrogen (secondary N) is 1. The Bertz CT molecular complexity index is 549. The number of piperidine rings is 1. The maximum atomic E-state index is 12.3. The maximum Gasteiger partial charge on any atom is 0.253 e. The van der Waals surface area contributed by atoms with Crippen LogP contribution in [0.15, 0.2) is 18.3 Å². The molecule has 7 heteroatoms. The van der Waals surface area contributed by atoms with Crippen molar-refractivity contribution in [2.75, 3.05) is 37.6 Å². The molecule has 1 fully saturated rings. The molecular formula is C17H27N5O2. The number of nitrogens with zero attached hydrogens (tertiary/aromatic N) is 3. The third kappa shape index (κ3) is 4.92.